The maximum atomic E-state index is 4.40. The number of aryl methyl sites for hydroxylation is 1. The molecular formula is C19H20N2. The van der Waals surface area contributed by atoms with Crippen LogP contribution in [-0.2, 0) is 13.0 Å². The highest BCUT2D eigenvalue weighted by Crippen LogP contribution is 2.18. The van der Waals surface area contributed by atoms with Crippen LogP contribution in [0, 0.1) is 0 Å². The number of nitrogens with zero attached hydrogens (tertiary/aromatic N) is 1. The lowest BCUT2D eigenvalue weighted by atomic mass is 10.1. The van der Waals surface area contributed by atoms with Crippen LogP contribution in [0.4, 0.5) is 5.69 Å². The second-order valence-corrected chi connectivity index (χ2v) is 5.29. The minimum Gasteiger partial charge on any atom is -0.381 e. The Labute approximate surface area is 125 Å². The van der Waals surface area contributed by atoms with E-state index in [0.29, 0.717) is 0 Å². The largest absolute Gasteiger partial charge is 0.381 e. The first-order valence-corrected chi connectivity index (χ1v) is 7.52. The summed E-state index contributed by atoms with van der Waals surface area (Å²) < 4.78 is 0. The molecule has 1 N–H and O–H groups in total. The third-order valence-corrected chi connectivity index (χ3v) is 3.71. The first kappa shape index (κ1) is 13.6. The number of pyridine rings is 1. The number of benzene rings is 2. The Bertz CT molecular complexity index is 712. The lowest BCUT2D eigenvalue weighted by Gasteiger charge is -2.09. The zero-order valence-corrected chi connectivity index (χ0v) is 12.3. The third kappa shape index (κ3) is 3.22. The highest BCUT2D eigenvalue weighted by molar-refractivity contribution is 5.82. The molecule has 1 aromatic heterocycles. The van der Waals surface area contributed by atoms with Crippen LogP contribution in [-0.4, -0.2) is 4.98 Å². The molecule has 0 unspecified atom stereocenters. The van der Waals surface area contributed by atoms with Crippen LogP contribution in [0.15, 0.2) is 60.8 Å². The van der Waals surface area contributed by atoms with Crippen molar-refractivity contribution in [2.75, 3.05) is 5.32 Å². The molecule has 2 nitrogen and oxygen atoms in total. The molecule has 0 amide bonds. The molecule has 2 aromatic carbocycles. The fraction of sp³-hybridized carbons (Fsp3) is 0.211. The first-order valence-electron chi connectivity index (χ1n) is 7.52. The molecule has 0 aliphatic heterocycles. The molecular weight excluding hydrogens is 256 g/mol. The van der Waals surface area contributed by atoms with E-state index in [4.69, 9.17) is 0 Å². The minimum atomic E-state index is 0.816. The monoisotopic (exact) mass is 276 g/mol. The molecule has 0 aliphatic rings. The number of fused-ring (bicyclic) bond motifs is 1. The van der Waals surface area contributed by atoms with E-state index in [1.54, 1.807) is 0 Å². The van der Waals surface area contributed by atoms with Gasteiger partial charge in [-0.2, -0.15) is 0 Å². The Morgan fingerprint density at radius 3 is 2.62 bits per heavy atom. The van der Waals surface area contributed by atoms with Gasteiger partial charge in [-0.3, -0.25) is 4.98 Å². The van der Waals surface area contributed by atoms with Crippen molar-refractivity contribution < 1.29 is 0 Å². The SMILES string of the molecule is CCCc1ccc(NCc2cccc3ncccc23)cc1. The lowest BCUT2D eigenvalue weighted by molar-refractivity contribution is 0.922. The highest BCUT2D eigenvalue weighted by Gasteiger charge is 2.01. The summed E-state index contributed by atoms with van der Waals surface area (Å²) in [6.45, 7) is 3.02. The van der Waals surface area contributed by atoms with Gasteiger partial charge in [-0.15, -0.1) is 0 Å². The van der Waals surface area contributed by atoms with Gasteiger partial charge in [-0.05, 0) is 41.8 Å². The maximum absolute atomic E-state index is 4.40. The molecule has 0 atom stereocenters. The summed E-state index contributed by atoms with van der Waals surface area (Å²) in [5, 5.41) is 4.71. The summed E-state index contributed by atoms with van der Waals surface area (Å²) in [5.41, 5.74) is 4.89. The van der Waals surface area contributed by atoms with E-state index in [9.17, 15) is 0 Å². The number of nitrogens with one attached hydrogen (secondary N) is 1. The molecule has 3 aromatic rings. The quantitative estimate of drug-likeness (QED) is 0.724. The molecule has 2 heteroatoms. The van der Waals surface area contributed by atoms with Crippen molar-refractivity contribution in [2.24, 2.45) is 0 Å². The van der Waals surface area contributed by atoms with E-state index in [2.05, 4.69) is 65.8 Å². The standard InChI is InChI=1S/C19H20N2/c1-2-5-15-9-11-17(12-10-15)21-14-16-6-3-8-19-18(16)7-4-13-20-19/h3-4,6-13,21H,2,5,14H2,1H3. The first-order chi connectivity index (χ1) is 10.4. The van der Waals surface area contributed by atoms with Gasteiger partial charge >= 0.3 is 0 Å². The summed E-state index contributed by atoms with van der Waals surface area (Å²) in [7, 11) is 0. The van der Waals surface area contributed by atoms with E-state index < -0.39 is 0 Å². The fourth-order valence-corrected chi connectivity index (χ4v) is 2.60. The maximum Gasteiger partial charge on any atom is 0.0705 e. The average molecular weight is 276 g/mol. The zero-order chi connectivity index (χ0) is 14.5. The molecule has 0 saturated carbocycles. The van der Waals surface area contributed by atoms with Crippen molar-refractivity contribution in [3.05, 3.63) is 71.9 Å². The second-order valence-electron chi connectivity index (χ2n) is 5.29. The van der Waals surface area contributed by atoms with Gasteiger partial charge in [0.05, 0.1) is 5.52 Å². The summed E-state index contributed by atoms with van der Waals surface area (Å²) in [4.78, 5) is 4.40. The van der Waals surface area contributed by atoms with Gasteiger partial charge < -0.3 is 5.32 Å². The van der Waals surface area contributed by atoms with E-state index in [1.165, 1.54) is 22.9 Å². The topological polar surface area (TPSA) is 24.9 Å². The predicted molar refractivity (Wildman–Crippen MR) is 89.5 cm³/mol. The molecule has 3 rings (SSSR count). The molecule has 21 heavy (non-hydrogen) atoms. The molecule has 0 bridgehead atoms. The molecule has 0 fully saturated rings. The normalized spacial score (nSPS) is 10.7. The van der Waals surface area contributed by atoms with Gasteiger partial charge in [0.1, 0.15) is 0 Å². The van der Waals surface area contributed by atoms with E-state index in [0.717, 1.165) is 24.2 Å². The van der Waals surface area contributed by atoms with Crippen molar-refractivity contribution in [1.82, 2.24) is 4.98 Å². The molecule has 1 heterocycles. The Kier molecular flexibility index (Phi) is 4.15. The highest BCUT2D eigenvalue weighted by atomic mass is 14.9. The number of aromatic nitrogens is 1. The van der Waals surface area contributed by atoms with Crippen molar-refractivity contribution in [3.8, 4) is 0 Å². The summed E-state index contributed by atoms with van der Waals surface area (Å²) in [6, 6.07) is 19.1. The summed E-state index contributed by atoms with van der Waals surface area (Å²) in [6.07, 6.45) is 4.18. The van der Waals surface area contributed by atoms with Crippen LogP contribution < -0.4 is 5.32 Å². The van der Waals surface area contributed by atoms with Crippen molar-refractivity contribution in [2.45, 2.75) is 26.3 Å². The molecule has 0 saturated heterocycles. The summed E-state index contributed by atoms with van der Waals surface area (Å²) in [5.74, 6) is 0. The molecule has 106 valence electrons. The number of hydrogen-bond acceptors (Lipinski definition) is 2. The minimum absolute atomic E-state index is 0.816. The molecule has 0 aliphatic carbocycles. The van der Waals surface area contributed by atoms with Crippen molar-refractivity contribution >= 4 is 16.6 Å². The number of rotatable bonds is 5. The van der Waals surface area contributed by atoms with Gasteiger partial charge in [0.2, 0.25) is 0 Å². The van der Waals surface area contributed by atoms with E-state index >= 15 is 0 Å². The average Bonchev–Trinajstić information content (AvgIpc) is 2.54. The van der Waals surface area contributed by atoms with Crippen molar-refractivity contribution in [1.29, 1.82) is 0 Å². The molecule has 0 radical (unpaired) electrons. The van der Waals surface area contributed by atoms with Gasteiger partial charge in [0, 0.05) is 23.8 Å². The second kappa shape index (κ2) is 6.40. The van der Waals surface area contributed by atoms with Crippen LogP contribution in [0.5, 0.6) is 0 Å². The Morgan fingerprint density at radius 2 is 1.81 bits per heavy atom. The Balaban J connectivity index is 1.74. The number of anilines is 1. The van der Waals surface area contributed by atoms with Gasteiger partial charge in [0.15, 0.2) is 0 Å². The number of hydrogen-bond donors (Lipinski definition) is 1. The smallest absolute Gasteiger partial charge is 0.0705 e. The van der Waals surface area contributed by atoms with Crippen LogP contribution in [0.25, 0.3) is 10.9 Å². The predicted octanol–water partition coefficient (Wildman–Crippen LogP) is 4.80. The van der Waals surface area contributed by atoms with Crippen LogP contribution in [0.1, 0.15) is 24.5 Å². The van der Waals surface area contributed by atoms with Gasteiger partial charge in [0.25, 0.3) is 0 Å². The Hall–Kier alpha value is -2.35. The third-order valence-electron chi connectivity index (χ3n) is 3.71. The fourth-order valence-electron chi connectivity index (χ4n) is 2.60. The van der Waals surface area contributed by atoms with Crippen LogP contribution in [0.2, 0.25) is 0 Å². The van der Waals surface area contributed by atoms with E-state index in [1.807, 2.05) is 12.3 Å². The molecule has 0 spiro atoms. The zero-order valence-electron chi connectivity index (χ0n) is 12.3. The Morgan fingerprint density at radius 1 is 0.952 bits per heavy atom. The van der Waals surface area contributed by atoms with E-state index in [-0.39, 0.29) is 0 Å². The van der Waals surface area contributed by atoms with Crippen LogP contribution in [0.3, 0.4) is 0 Å². The van der Waals surface area contributed by atoms with Gasteiger partial charge in [-0.25, -0.2) is 0 Å². The lowest BCUT2D eigenvalue weighted by Crippen LogP contribution is -2.00. The van der Waals surface area contributed by atoms with Gasteiger partial charge in [-0.1, -0.05) is 43.7 Å². The van der Waals surface area contributed by atoms with Crippen molar-refractivity contribution in [3.63, 3.8) is 0 Å². The van der Waals surface area contributed by atoms with Crippen LogP contribution >= 0.6 is 0 Å². The summed E-state index contributed by atoms with van der Waals surface area (Å²) >= 11 is 0.